The number of nitrogens with zero attached hydrogens (tertiary/aromatic N) is 6. The minimum Gasteiger partial charge on any atom is -0.440 e. The van der Waals surface area contributed by atoms with Crippen molar-refractivity contribution in [3.05, 3.63) is 72.2 Å². The van der Waals surface area contributed by atoms with Gasteiger partial charge >= 0.3 is 6.09 Å². The third-order valence-electron chi connectivity index (χ3n) is 6.72. The van der Waals surface area contributed by atoms with Crippen LogP contribution in [0.4, 0.5) is 21.1 Å². The number of amides is 1. The molecule has 0 aliphatic carbocycles. The SMILES string of the molecule is CC.CNC(=O)OCOc1ccnc(N(C)C2CCN(c3nc4ccccc4n3Cc3ccc(F)cc3)CC2)n1. The summed E-state index contributed by atoms with van der Waals surface area (Å²) in [4.78, 5) is 29.4. The number of alkyl carbamates (subject to hydrolysis) is 1. The largest absolute Gasteiger partial charge is 0.440 e. The van der Waals surface area contributed by atoms with E-state index in [0.29, 0.717) is 18.4 Å². The third-order valence-corrected chi connectivity index (χ3v) is 6.72. The van der Waals surface area contributed by atoms with Crippen molar-refractivity contribution in [1.29, 1.82) is 0 Å². The van der Waals surface area contributed by atoms with Gasteiger partial charge in [-0.2, -0.15) is 4.98 Å². The molecular weight excluding hydrogens is 513 g/mol. The highest BCUT2D eigenvalue weighted by molar-refractivity contribution is 5.79. The number of piperidine rings is 1. The van der Waals surface area contributed by atoms with Crippen LogP contribution in [0.3, 0.4) is 0 Å². The fourth-order valence-electron chi connectivity index (χ4n) is 4.65. The molecule has 1 N–H and O–H groups in total. The number of imidazole rings is 1. The fourth-order valence-corrected chi connectivity index (χ4v) is 4.65. The van der Waals surface area contributed by atoms with Gasteiger partial charge in [-0.3, -0.25) is 0 Å². The number of hydrogen-bond acceptors (Lipinski definition) is 8. The Balaban J connectivity index is 0.00000181. The Morgan fingerprint density at radius 2 is 1.80 bits per heavy atom. The molecule has 1 fully saturated rings. The molecule has 1 saturated heterocycles. The number of hydrogen-bond donors (Lipinski definition) is 1. The van der Waals surface area contributed by atoms with Gasteiger partial charge in [-0.1, -0.05) is 38.1 Å². The lowest BCUT2D eigenvalue weighted by molar-refractivity contribution is 0.0580. The van der Waals surface area contributed by atoms with Crippen LogP contribution in [0.25, 0.3) is 11.0 Å². The Kier molecular flexibility index (Phi) is 9.71. The van der Waals surface area contributed by atoms with Gasteiger partial charge in [0.25, 0.3) is 0 Å². The van der Waals surface area contributed by atoms with E-state index in [1.54, 1.807) is 12.3 Å². The maximum absolute atomic E-state index is 13.5. The van der Waals surface area contributed by atoms with Crippen molar-refractivity contribution in [2.45, 2.75) is 39.3 Å². The summed E-state index contributed by atoms with van der Waals surface area (Å²) in [6.07, 6.45) is 2.84. The van der Waals surface area contributed by atoms with E-state index in [9.17, 15) is 9.18 Å². The van der Waals surface area contributed by atoms with E-state index in [2.05, 4.69) is 35.7 Å². The second-order valence-corrected chi connectivity index (χ2v) is 9.08. The lowest BCUT2D eigenvalue weighted by Gasteiger charge is -2.37. The van der Waals surface area contributed by atoms with Crippen molar-refractivity contribution in [2.24, 2.45) is 0 Å². The molecule has 1 aliphatic rings. The topological polar surface area (TPSA) is 97.6 Å². The molecule has 2 aromatic heterocycles. The molecule has 0 spiro atoms. The van der Waals surface area contributed by atoms with E-state index in [0.717, 1.165) is 48.5 Å². The van der Waals surface area contributed by atoms with Gasteiger partial charge in [0.2, 0.25) is 24.6 Å². The minimum atomic E-state index is -0.575. The summed E-state index contributed by atoms with van der Waals surface area (Å²) >= 11 is 0. The second-order valence-electron chi connectivity index (χ2n) is 9.08. The van der Waals surface area contributed by atoms with Gasteiger partial charge in [0.15, 0.2) is 0 Å². The summed E-state index contributed by atoms with van der Waals surface area (Å²) in [7, 11) is 3.46. The molecule has 3 heterocycles. The molecule has 0 atom stereocenters. The summed E-state index contributed by atoms with van der Waals surface area (Å²) in [6, 6.07) is 16.6. The van der Waals surface area contributed by atoms with E-state index >= 15 is 0 Å². The van der Waals surface area contributed by atoms with E-state index in [1.807, 2.05) is 51.2 Å². The summed E-state index contributed by atoms with van der Waals surface area (Å²) in [5.41, 5.74) is 3.01. The maximum Gasteiger partial charge on any atom is 0.409 e. The standard InChI is InChI=1S/C27H30FN7O3.C2H6/c1-29-27(36)38-18-37-24-11-14-30-25(32-24)33(2)21-12-15-34(16-13-21)26-31-22-5-3-4-6-23(22)35(26)17-19-7-9-20(28)10-8-19;1-2/h3-11,14,21H,12-13,15-18H2,1-2H3,(H,29,36);1-2H3. The van der Waals surface area contributed by atoms with Gasteiger partial charge in [-0.05, 0) is 42.7 Å². The smallest absolute Gasteiger partial charge is 0.409 e. The number of halogens is 1. The van der Waals surface area contributed by atoms with Crippen molar-refractivity contribution in [3.63, 3.8) is 0 Å². The molecule has 2 aromatic carbocycles. The van der Waals surface area contributed by atoms with Gasteiger partial charge in [0.05, 0.1) is 17.6 Å². The number of carbonyl (C=O) groups excluding carboxylic acids is 1. The first-order chi connectivity index (χ1) is 19.5. The molecule has 10 nitrogen and oxygen atoms in total. The first-order valence-electron chi connectivity index (χ1n) is 13.5. The second kappa shape index (κ2) is 13.6. The van der Waals surface area contributed by atoms with Crippen LogP contribution >= 0.6 is 0 Å². The monoisotopic (exact) mass is 549 g/mol. The van der Waals surface area contributed by atoms with Crippen molar-refractivity contribution >= 4 is 29.0 Å². The van der Waals surface area contributed by atoms with Crippen LogP contribution in [0, 0.1) is 5.82 Å². The van der Waals surface area contributed by atoms with Gasteiger partial charge in [-0.25, -0.2) is 19.2 Å². The minimum absolute atomic E-state index is 0.235. The van der Waals surface area contributed by atoms with Crippen LogP contribution in [0.15, 0.2) is 60.8 Å². The predicted molar refractivity (Wildman–Crippen MR) is 153 cm³/mol. The number of fused-ring (bicyclic) bond motifs is 1. The van der Waals surface area contributed by atoms with Crippen molar-refractivity contribution in [3.8, 4) is 5.88 Å². The van der Waals surface area contributed by atoms with Crippen molar-refractivity contribution in [1.82, 2.24) is 24.8 Å². The number of para-hydroxylation sites is 2. The highest BCUT2D eigenvalue weighted by atomic mass is 19.1. The summed E-state index contributed by atoms with van der Waals surface area (Å²) < 4.78 is 26.0. The number of ether oxygens (including phenoxy) is 2. The predicted octanol–water partition coefficient (Wildman–Crippen LogP) is 4.84. The molecule has 0 radical (unpaired) electrons. The molecule has 4 aromatic rings. The lowest BCUT2D eigenvalue weighted by Crippen LogP contribution is -2.44. The molecule has 0 saturated carbocycles. The summed E-state index contributed by atoms with van der Waals surface area (Å²) in [5.74, 6) is 1.55. The lowest BCUT2D eigenvalue weighted by atomic mass is 10.0. The molecule has 5 rings (SSSR count). The van der Waals surface area contributed by atoms with Crippen LogP contribution < -0.4 is 19.9 Å². The zero-order chi connectivity index (χ0) is 28.5. The van der Waals surface area contributed by atoms with Crippen LogP contribution in [0.5, 0.6) is 5.88 Å². The first-order valence-corrected chi connectivity index (χ1v) is 13.5. The highest BCUT2D eigenvalue weighted by Gasteiger charge is 2.27. The van der Waals surface area contributed by atoms with Gasteiger partial charge in [0, 0.05) is 45.5 Å². The first kappa shape index (κ1) is 28.6. The quantitative estimate of drug-likeness (QED) is 0.312. The number of benzene rings is 2. The summed E-state index contributed by atoms with van der Waals surface area (Å²) in [5, 5.41) is 2.36. The molecule has 11 heteroatoms. The Morgan fingerprint density at radius 3 is 2.52 bits per heavy atom. The molecule has 212 valence electrons. The van der Waals surface area contributed by atoms with E-state index < -0.39 is 6.09 Å². The fraction of sp³-hybridized carbons (Fsp3) is 0.379. The Hall–Kier alpha value is -4.41. The Morgan fingerprint density at radius 1 is 1.07 bits per heavy atom. The van der Waals surface area contributed by atoms with E-state index in [-0.39, 0.29) is 18.7 Å². The number of carbonyl (C=O) groups is 1. The van der Waals surface area contributed by atoms with Crippen molar-refractivity contribution < 1.29 is 18.7 Å². The number of anilines is 2. The zero-order valence-corrected chi connectivity index (χ0v) is 23.4. The number of nitrogens with one attached hydrogen (secondary N) is 1. The molecular formula is C29H36FN7O3. The summed E-state index contributed by atoms with van der Waals surface area (Å²) in [6.45, 7) is 6.01. The zero-order valence-electron chi connectivity index (χ0n) is 23.4. The third kappa shape index (κ3) is 6.77. The highest BCUT2D eigenvalue weighted by Crippen LogP contribution is 2.28. The normalized spacial score (nSPS) is 13.4. The molecule has 40 heavy (non-hydrogen) atoms. The maximum atomic E-state index is 13.5. The van der Waals surface area contributed by atoms with Gasteiger partial charge < -0.3 is 29.2 Å². The van der Waals surface area contributed by atoms with Crippen LogP contribution in [0.2, 0.25) is 0 Å². The Labute approximate surface area is 233 Å². The van der Waals surface area contributed by atoms with Crippen LogP contribution in [-0.4, -0.2) is 65.6 Å². The number of aromatic nitrogens is 4. The van der Waals surface area contributed by atoms with Crippen molar-refractivity contribution in [2.75, 3.05) is 43.8 Å². The van der Waals surface area contributed by atoms with E-state index in [4.69, 9.17) is 14.5 Å². The molecule has 0 bridgehead atoms. The average molecular weight is 550 g/mol. The molecule has 1 amide bonds. The number of rotatable bonds is 8. The van der Waals surface area contributed by atoms with Crippen LogP contribution in [-0.2, 0) is 11.3 Å². The average Bonchev–Trinajstić information content (AvgIpc) is 3.37. The molecule has 0 unspecified atom stereocenters. The Bertz CT molecular complexity index is 1390. The van der Waals surface area contributed by atoms with Gasteiger partial charge in [-0.15, -0.1) is 0 Å². The van der Waals surface area contributed by atoms with Crippen LogP contribution in [0.1, 0.15) is 32.3 Å². The van der Waals surface area contributed by atoms with Gasteiger partial charge in [0.1, 0.15) is 5.82 Å². The van der Waals surface area contributed by atoms with E-state index in [1.165, 1.54) is 19.2 Å². The molecule has 1 aliphatic heterocycles.